The van der Waals surface area contributed by atoms with E-state index in [4.69, 9.17) is 32.7 Å². The highest BCUT2D eigenvalue weighted by atomic mass is 35.5. The summed E-state index contributed by atoms with van der Waals surface area (Å²) in [5, 5.41) is 0. The first-order valence-electron chi connectivity index (χ1n) is 5.64. The molecular formula is C12H16Cl2O3S. The molecule has 0 spiro atoms. The Kier molecular flexibility index (Phi) is 7.19. The first kappa shape index (κ1) is 15.9. The maximum atomic E-state index is 11.7. The maximum Gasteiger partial charge on any atom is 0.190 e. The summed E-state index contributed by atoms with van der Waals surface area (Å²) in [6.45, 7) is 5.73. The van der Waals surface area contributed by atoms with Crippen molar-refractivity contribution in [1.29, 1.82) is 0 Å². The normalized spacial score (nSPS) is 11.2. The lowest BCUT2D eigenvalue weighted by molar-refractivity contribution is 0.0364. The van der Waals surface area contributed by atoms with E-state index in [1.807, 2.05) is 0 Å². The largest absolute Gasteiger partial charge is 0.379 e. The molecule has 6 heteroatoms. The Bertz CT molecular complexity index is 391. The minimum absolute atomic E-state index is 0.00216. The van der Waals surface area contributed by atoms with Crippen LogP contribution in [0.3, 0.4) is 0 Å². The van der Waals surface area contributed by atoms with Crippen LogP contribution < -0.4 is 0 Å². The van der Waals surface area contributed by atoms with Crippen LogP contribution in [0.2, 0.25) is 8.67 Å². The average Bonchev–Trinajstić information content (AvgIpc) is 2.62. The van der Waals surface area contributed by atoms with Crippen molar-refractivity contribution in [3.63, 3.8) is 0 Å². The summed E-state index contributed by atoms with van der Waals surface area (Å²) in [5.74, 6) is 0.338. The molecule has 0 aromatic carbocycles. The Morgan fingerprint density at radius 2 is 2.00 bits per heavy atom. The van der Waals surface area contributed by atoms with Gasteiger partial charge in [0, 0.05) is 6.61 Å². The molecule has 0 fully saturated rings. The highest BCUT2D eigenvalue weighted by Crippen LogP contribution is 2.31. The predicted molar refractivity (Wildman–Crippen MR) is 75.1 cm³/mol. The highest BCUT2D eigenvalue weighted by molar-refractivity contribution is 7.20. The van der Waals surface area contributed by atoms with Crippen molar-refractivity contribution in [1.82, 2.24) is 0 Å². The molecule has 1 aromatic rings. The number of ether oxygens (including phenoxy) is 2. The van der Waals surface area contributed by atoms with Gasteiger partial charge in [-0.2, -0.15) is 0 Å². The van der Waals surface area contributed by atoms with E-state index in [0.29, 0.717) is 40.0 Å². The zero-order valence-electron chi connectivity index (χ0n) is 10.4. The van der Waals surface area contributed by atoms with Gasteiger partial charge < -0.3 is 9.47 Å². The van der Waals surface area contributed by atoms with Gasteiger partial charge >= 0.3 is 0 Å². The van der Waals surface area contributed by atoms with Crippen LogP contribution in [-0.4, -0.2) is 32.2 Å². The SMILES string of the molecule is CC(C)COCCOCC(=O)c1cc(Cl)sc1Cl. The molecule has 0 bridgehead atoms. The summed E-state index contributed by atoms with van der Waals surface area (Å²) in [6, 6.07) is 1.56. The third-order valence-electron chi connectivity index (χ3n) is 2.01. The summed E-state index contributed by atoms with van der Waals surface area (Å²) in [4.78, 5) is 11.7. The molecule has 102 valence electrons. The first-order chi connectivity index (χ1) is 8.50. The number of carbonyl (C=O) groups excluding carboxylic acids is 1. The standard InChI is InChI=1S/C12H16Cl2O3S/c1-8(2)6-16-3-4-17-7-10(15)9-5-11(13)18-12(9)14/h5,8H,3-4,6-7H2,1-2H3. The quantitative estimate of drug-likeness (QED) is 0.539. The van der Waals surface area contributed by atoms with Crippen LogP contribution >= 0.6 is 34.5 Å². The zero-order valence-corrected chi connectivity index (χ0v) is 12.7. The Morgan fingerprint density at radius 3 is 2.56 bits per heavy atom. The molecule has 0 radical (unpaired) electrons. The predicted octanol–water partition coefficient (Wildman–Crippen LogP) is 3.93. The van der Waals surface area contributed by atoms with Gasteiger partial charge in [-0.15, -0.1) is 11.3 Å². The molecule has 0 atom stereocenters. The topological polar surface area (TPSA) is 35.5 Å². The van der Waals surface area contributed by atoms with Gasteiger partial charge in [-0.1, -0.05) is 37.0 Å². The van der Waals surface area contributed by atoms with Crippen LogP contribution in [0, 0.1) is 5.92 Å². The molecule has 0 N–H and O–H groups in total. The summed E-state index contributed by atoms with van der Waals surface area (Å²) in [6.07, 6.45) is 0. The third kappa shape index (κ3) is 5.67. The molecule has 0 saturated heterocycles. The average molecular weight is 311 g/mol. The fourth-order valence-electron chi connectivity index (χ4n) is 1.21. The Labute approximate surface area is 121 Å². The summed E-state index contributed by atoms with van der Waals surface area (Å²) in [7, 11) is 0. The van der Waals surface area contributed by atoms with Gasteiger partial charge in [0.25, 0.3) is 0 Å². The number of halogens is 2. The summed E-state index contributed by atoms with van der Waals surface area (Å²) >= 11 is 12.8. The molecule has 0 unspecified atom stereocenters. The van der Waals surface area contributed by atoms with Crippen LogP contribution in [0.1, 0.15) is 24.2 Å². The second kappa shape index (κ2) is 8.12. The minimum atomic E-state index is -0.160. The fourth-order valence-corrected chi connectivity index (χ4v) is 2.71. The Balaban J connectivity index is 2.20. The van der Waals surface area contributed by atoms with E-state index in [1.165, 1.54) is 11.3 Å². The summed E-state index contributed by atoms with van der Waals surface area (Å²) < 4.78 is 11.5. The van der Waals surface area contributed by atoms with Crippen molar-refractivity contribution in [3.8, 4) is 0 Å². The first-order valence-corrected chi connectivity index (χ1v) is 7.21. The Hall–Kier alpha value is -0.130. The van der Waals surface area contributed by atoms with E-state index >= 15 is 0 Å². The fraction of sp³-hybridized carbons (Fsp3) is 0.583. The lowest BCUT2D eigenvalue weighted by atomic mass is 10.2. The molecular weight excluding hydrogens is 295 g/mol. The number of hydrogen-bond donors (Lipinski definition) is 0. The van der Waals surface area contributed by atoms with E-state index in [1.54, 1.807) is 6.07 Å². The number of hydrogen-bond acceptors (Lipinski definition) is 4. The smallest absolute Gasteiger partial charge is 0.190 e. The van der Waals surface area contributed by atoms with Crippen molar-refractivity contribution in [3.05, 3.63) is 20.3 Å². The number of carbonyl (C=O) groups is 1. The number of rotatable bonds is 8. The molecule has 18 heavy (non-hydrogen) atoms. The van der Waals surface area contributed by atoms with Crippen LogP contribution in [0.4, 0.5) is 0 Å². The summed E-state index contributed by atoms with van der Waals surface area (Å²) in [5.41, 5.74) is 0.426. The lowest BCUT2D eigenvalue weighted by Crippen LogP contribution is -2.13. The van der Waals surface area contributed by atoms with Gasteiger partial charge in [0.2, 0.25) is 0 Å². The van der Waals surface area contributed by atoms with Gasteiger partial charge in [0.1, 0.15) is 10.9 Å². The molecule has 1 heterocycles. The van der Waals surface area contributed by atoms with Crippen LogP contribution in [-0.2, 0) is 9.47 Å². The van der Waals surface area contributed by atoms with E-state index < -0.39 is 0 Å². The van der Waals surface area contributed by atoms with Gasteiger partial charge in [0.05, 0.1) is 23.1 Å². The van der Waals surface area contributed by atoms with Crippen molar-refractivity contribution >= 4 is 40.3 Å². The highest BCUT2D eigenvalue weighted by Gasteiger charge is 2.14. The number of Topliss-reactive ketones (excluding diaryl/α,β-unsaturated/α-hetero) is 1. The number of thiophene rings is 1. The van der Waals surface area contributed by atoms with Gasteiger partial charge in [-0.25, -0.2) is 0 Å². The van der Waals surface area contributed by atoms with Crippen molar-refractivity contribution in [2.24, 2.45) is 5.92 Å². The molecule has 1 rings (SSSR count). The van der Waals surface area contributed by atoms with Crippen LogP contribution in [0.15, 0.2) is 6.07 Å². The lowest BCUT2D eigenvalue weighted by Gasteiger charge is -2.07. The van der Waals surface area contributed by atoms with Gasteiger partial charge in [0.15, 0.2) is 5.78 Å². The van der Waals surface area contributed by atoms with Crippen LogP contribution in [0.5, 0.6) is 0 Å². The number of ketones is 1. The molecule has 0 aliphatic heterocycles. The second-order valence-electron chi connectivity index (χ2n) is 4.18. The van der Waals surface area contributed by atoms with Gasteiger partial charge in [-0.3, -0.25) is 4.79 Å². The minimum Gasteiger partial charge on any atom is -0.379 e. The van der Waals surface area contributed by atoms with Crippen molar-refractivity contribution in [2.75, 3.05) is 26.4 Å². The van der Waals surface area contributed by atoms with E-state index in [2.05, 4.69) is 13.8 Å². The van der Waals surface area contributed by atoms with E-state index in [0.717, 1.165) is 0 Å². The second-order valence-corrected chi connectivity index (χ2v) is 6.47. The van der Waals surface area contributed by atoms with E-state index in [9.17, 15) is 4.79 Å². The maximum absolute atomic E-state index is 11.7. The third-order valence-corrected chi connectivity index (χ3v) is 3.50. The van der Waals surface area contributed by atoms with Crippen molar-refractivity contribution in [2.45, 2.75) is 13.8 Å². The molecule has 0 aliphatic rings. The molecule has 1 aromatic heterocycles. The van der Waals surface area contributed by atoms with Crippen LogP contribution in [0.25, 0.3) is 0 Å². The molecule has 0 amide bonds. The Morgan fingerprint density at radius 1 is 1.33 bits per heavy atom. The molecule has 0 saturated carbocycles. The molecule has 0 aliphatic carbocycles. The zero-order chi connectivity index (χ0) is 13.5. The van der Waals surface area contributed by atoms with Crippen molar-refractivity contribution < 1.29 is 14.3 Å². The van der Waals surface area contributed by atoms with E-state index in [-0.39, 0.29) is 12.4 Å². The molecule has 3 nitrogen and oxygen atoms in total. The van der Waals surface area contributed by atoms with Gasteiger partial charge in [-0.05, 0) is 12.0 Å². The monoisotopic (exact) mass is 310 g/mol.